The predicted octanol–water partition coefficient (Wildman–Crippen LogP) is 4.32. The van der Waals surface area contributed by atoms with Crippen molar-refractivity contribution in [2.45, 2.75) is 50.9 Å². The number of rotatable bonds is 8. The van der Waals surface area contributed by atoms with Gasteiger partial charge in [0.15, 0.2) is 0 Å². The third-order valence-electron chi connectivity index (χ3n) is 5.75. The first-order valence-electron chi connectivity index (χ1n) is 11.3. The second-order valence-corrected chi connectivity index (χ2v) is 9.07. The van der Waals surface area contributed by atoms with E-state index >= 15 is 0 Å². The Morgan fingerprint density at radius 1 is 1.15 bits per heavy atom. The van der Waals surface area contributed by atoms with Crippen molar-refractivity contribution >= 4 is 23.4 Å². The Bertz CT molecular complexity index is 1210. The monoisotopic (exact) mass is 465 g/mol. The quantitative estimate of drug-likeness (QED) is 0.305. The van der Waals surface area contributed by atoms with Crippen LogP contribution in [-0.2, 0) is 4.79 Å². The van der Waals surface area contributed by atoms with Crippen molar-refractivity contribution in [2.75, 3.05) is 17.8 Å². The second-order valence-electron chi connectivity index (χ2n) is 7.98. The number of nitrogens with zero attached hydrogens (tertiary/aromatic N) is 3. The summed E-state index contributed by atoms with van der Waals surface area (Å²) in [5, 5.41) is 5.38. The van der Waals surface area contributed by atoms with Crippen molar-refractivity contribution in [3.05, 3.63) is 64.4 Å². The number of nitrogens with one attached hydrogen (secondary N) is 1. The maximum Gasteiger partial charge on any atom is 0.325 e. The van der Waals surface area contributed by atoms with Crippen LogP contribution in [0.1, 0.15) is 51.3 Å². The van der Waals surface area contributed by atoms with Crippen molar-refractivity contribution in [2.24, 2.45) is 0 Å². The normalized spacial score (nSPS) is 14.5. The molecule has 1 atom stereocenters. The molecule has 0 saturated heterocycles. The van der Waals surface area contributed by atoms with Crippen LogP contribution in [0.4, 0.5) is 5.69 Å². The summed E-state index contributed by atoms with van der Waals surface area (Å²) in [5.41, 5.74) is 2.30. The summed E-state index contributed by atoms with van der Waals surface area (Å²) >= 11 is 1.53. The summed E-state index contributed by atoms with van der Waals surface area (Å²) in [4.78, 5) is 30.9. The minimum Gasteiger partial charge on any atom is -0.496 e. The number of unbranched alkanes of at least 4 members (excludes halogenated alkanes) is 3. The fourth-order valence-electron chi connectivity index (χ4n) is 4.24. The maximum absolute atomic E-state index is 13.3. The van der Waals surface area contributed by atoms with Crippen LogP contribution in [0.3, 0.4) is 0 Å². The topological polar surface area (TPSA) is 79.2 Å². The molecular formula is C25H29N4O3S+. The van der Waals surface area contributed by atoms with Crippen LogP contribution >= 0.6 is 11.8 Å². The predicted molar refractivity (Wildman–Crippen MR) is 130 cm³/mol. The molecule has 0 saturated carbocycles. The van der Waals surface area contributed by atoms with E-state index in [1.807, 2.05) is 48.5 Å². The summed E-state index contributed by atoms with van der Waals surface area (Å²) in [5.74, 6) is 1.35. The van der Waals surface area contributed by atoms with Crippen molar-refractivity contribution < 1.29 is 14.2 Å². The molecule has 4 rings (SSSR count). The smallest absolute Gasteiger partial charge is 0.325 e. The molecular weight excluding hydrogens is 436 g/mol. The third-order valence-corrected chi connectivity index (χ3v) is 6.70. The fraction of sp³-hybridized carbons (Fsp3) is 0.360. The van der Waals surface area contributed by atoms with Gasteiger partial charge in [-0.3, -0.25) is 14.6 Å². The molecule has 1 N–H and O–H groups in total. The Morgan fingerprint density at radius 3 is 2.67 bits per heavy atom. The molecule has 8 heteroatoms. The molecule has 1 aromatic heterocycles. The summed E-state index contributed by atoms with van der Waals surface area (Å²) in [6.07, 6.45) is 3.94. The number of aromatic nitrogens is 3. The maximum atomic E-state index is 13.3. The van der Waals surface area contributed by atoms with E-state index in [-0.39, 0.29) is 11.5 Å². The van der Waals surface area contributed by atoms with Gasteiger partial charge in [-0.15, -0.1) is 0 Å². The molecule has 33 heavy (non-hydrogen) atoms. The number of hydrogen-bond donors (Lipinski definition) is 1. The number of fused-ring (bicyclic) bond motifs is 3. The van der Waals surface area contributed by atoms with Crippen molar-refractivity contribution in [3.63, 3.8) is 0 Å². The van der Waals surface area contributed by atoms with E-state index < -0.39 is 6.17 Å². The van der Waals surface area contributed by atoms with E-state index in [4.69, 9.17) is 9.84 Å². The van der Waals surface area contributed by atoms with E-state index in [9.17, 15) is 9.59 Å². The average molecular weight is 466 g/mol. The largest absolute Gasteiger partial charge is 0.496 e. The summed E-state index contributed by atoms with van der Waals surface area (Å²) < 4.78 is 7.30. The second kappa shape index (κ2) is 10.2. The molecule has 2 aromatic carbocycles. The molecule has 1 aliphatic heterocycles. The van der Waals surface area contributed by atoms with Gasteiger partial charge in [0.25, 0.3) is 6.17 Å². The first kappa shape index (κ1) is 23.0. The SMILES string of the molecule is CCCCCCSc1n[n+]2c(c(=O)[nH]1)-c1ccccc1N(C(C)=O)[C@@H]2c1ccccc1OC. The zero-order valence-corrected chi connectivity index (χ0v) is 20.0. The van der Waals surface area contributed by atoms with Gasteiger partial charge in [-0.05, 0) is 35.4 Å². The summed E-state index contributed by atoms with van der Waals surface area (Å²) in [7, 11) is 1.60. The number of carbonyl (C=O) groups is 1. The van der Waals surface area contributed by atoms with Crippen LogP contribution in [-0.4, -0.2) is 28.9 Å². The highest BCUT2D eigenvalue weighted by atomic mass is 32.2. The Kier molecular flexibility index (Phi) is 7.13. The highest BCUT2D eigenvalue weighted by Gasteiger charge is 2.45. The van der Waals surface area contributed by atoms with Gasteiger partial charge in [0.2, 0.25) is 11.1 Å². The number of benzene rings is 2. The lowest BCUT2D eigenvalue weighted by Crippen LogP contribution is -2.60. The number of hydrogen-bond acceptors (Lipinski definition) is 5. The van der Waals surface area contributed by atoms with Crippen LogP contribution in [0.15, 0.2) is 58.5 Å². The highest BCUT2D eigenvalue weighted by Crippen LogP contribution is 2.39. The lowest BCUT2D eigenvalue weighted by molar-refractivity contribution is -0.763. The minimum atomic E-state index is -0.648. The van der Waals surface area contributed by atoms with Gasteiger partial charge in [-0.25, -0.2) is 4.90 Å². The molecule has 0 fully saturated rings. The molecule has 172 valence electrons. The first-order chi connectivity index (χ1) is 16.1. The number of thioether (sulfide) groups is 1. The molecule has 1 amide bonds. The zero-order chi connectivity index (χ0) is 23.4. The number of para-hydroxylation sites is 2. The molecule has 7 nitrogen and oxygen atoms in total. The lowest BCUT2D eigenvalue weighted by atomic mass is 10.0. The number of H-pyrrole nitrogens is 1. The Balaban J connectivity index is 1.88. The Labute approximate surface area is 197 Å². The number of ether oxygens (including phenoxy) is 1. The molecule has 0 unspecified atom stereocenters. The Hall–Kier alpha value is -3.13. The van der Waals surface area contributed by atoms with Gasteiger partial charge in [-0.1, -0.05) is 62.2 Å². The molecule has 3 aromatic rings. The molecule has 0 bridgehead atoms. The number of carbonyl (C=O) groups excluding carboxylic acids is 1. The van der Waals surface area contributed by atoms with Crippen LogP contribution in [0.25, 0.3) is 11.3 Å². The average Bonchev–Trinajstić information content (AvgIpc) is 2.82. The van der Waals surface area contributed by atoms with Crippen LogP contribution in [0.5, 0.6) is 5.75 Å². The number of aromatic amines is 1. The minimum absolute atomic E-state index is 0.146. The van der Waals surface area contributed by atoms with Crippen LogP contribution in [0, 0.1) is 0 Å². The van der Waals surface area contributed by atoms with E-state index in [0.29, 0.717) is 27.9 Å². The molecule has 1 aliphatic rings. The zero-order valence-electron chi connectivity index (χ0n) is 19.2. The van der Waals surface area contributed by atoms with E-state index in [0.717, 1.165) is 24.2 Å². The summed E-state index contributed by atoms with van der Waals surface area (Å²) in [6.45, 7) is 3.71. The molecule has 0 aliphatic carbocycles. The molecule has 0 spiro atoms. The lowest BCUT2D eigenvalue weighted by Gasteiger charge is -2.31. The van der Waals surface area contributed by atoms with E-state index in [1.54, 1.807) is 16.7 Å². The van der Waals surface area contributed by atoms with Crippen molar-refractivity contribution in [1.29, 1.82) is 0 Å². The van der Waals surface area contributed by atoms with Gasteiger partial charge in [0.1, 0.15) is 5.75 Å². The first-order valence-corrected chi connectivity index (χ1v) is 12.3. The molecule has 2 heterocycles. The van der Waals surface area contributed by atoms with Gasteiger partial charge >= 0.3 is 11.3 Å². The van der Waals surface area contributed by atoms with E-state index in [1.165, 1.54) is 31.5 Å². The van der Waals surface area contributed by atoms with Gasteiger partial charge in [0, 0.05) is 17.8 Å². The van der Waals surface area contributed by atoms with Gasteiger partial charge in [0.05, 0.1) is 23.9 Å². The number of anilines is 1. The standard InChI is InChI=1S/C25H28N4O3S/c1-4-5-6-11-16-33-25-26-23(31)22-18-12-7-9-14-20(18)28(17(2)30)24(29(22)27-25)19-13-8-10-15-21(19)32-3/h7-10,12-15,24H,4-6,11,16H2,1-3H3/p+1/t24-/m0/s1. The van der Waals surface area contributed by atoms with Crippen molar-refractivity contribution in [3.8, 4) is 17.0 Å². The van der Waals surface area contributed by atoms with Crippen LogP contribution in [0.2, 0.25) is 0 Å². The Morgan fingerprint density at radius 2 is 1.91 bits per heavy atom. The van der Waals surface area contributed by atoms with Crippen molar-refractivity contribution in [1.82, 2.24) is 10.1 Å². The number of methoxy groups -OCH3 is 1. The molecule has 0 radical (unpaired) electrons. The third kappa shape index (κ3) is 4.53. The fourth-order valence-corrected chi connectivity index (χ4v) is 5.09. The van der Waals surface area contributed by atoms with E-state index in [2.05, 4.69) is 11.9 Å². The van der Waals surface area contributed by atoms with Gasteiger partial charge in [-0.2, -0.15) is 0 Å². The summed E-state index contributed by atoms with van der Waals surface area (Å²) in [6, 6.07) is 15.0. The van der Waals surface area contributed by atoms with Crippen LogP contribution < -0.4 is 19.9 Å². The van der Waals surface area contributed by atoms with Gasteiger partial charge < -0.3 is 4.74 Å². The number of amides is 1. The highest BCUT2D eigenvalue weighted by molar-refractivity contribution is 7.99.